The molecule has 0 fully saturated rings. The van der Waals surface area contributed by atoms with Crippen molar-refractivity contribution in [2.45, 2.75) is 4.90 Å². The number of hydrogen-bond acceptors (Lipinski definition) is 3. The highest BCUT2D eigenvalue weighted by Crippen LogP contribution is 2.24. The first-order valence-electron chi connectivity index (χ1n) is 5.45. The number of sulfonamides is 1. The molecule has 0 amide bonds. The highest BCUT2D eigenvalue weighted by molar-refractivity contribution is 7.92. The summed E-state index contributed by atoms with van der Waals surface area (Å²) in [6.07, 6.45) is 1.01. The lowest BCUT2D eigenvalue weighted by atomic mass is 10.3. The molecule has 0 aliphatic carbocycles. The standard InChI is InChI=1S/C12H10ClFN2O3S/c1-16(11-5-3-2-4-10(11)14)20(18,19)8-6-9(13)12(17)15-7-8/h2-7H,1H3,(H,15,17). The molecule has 0 unspecified atom stereocenters. The van der Waals surface area contributed by atoms with Crippen molar-refractivity contribution in [3.8, 4) is 0 Å². The number of hydrogen-bond donors (Lipinski definition) is 1. The van der Waals surface area contributed by atoms with E-state index in [1.165, 1.54) is 25.2 Å². The Kier molecular flexibility index (Phi) is 3.82. The van der Waals surface area contributed by atoms with E-state index in [0.29, 0.717) is 0 Å². The maximum absolute atomic E-state index is 13.6. The van der Waals surface area contributed by atoms with Crippen molar-refractivity contribution in [2.24, 2.45) is 0 Å². The van der Waals surface area contributed by atoms with Crippen LogP contribution >= 0.6 is 11.6 Å². The van der Waals surface area contributed by atoms with Gasteiger partial charge in [0.05, 0.1) is 5.69 Å². The lowest BCUT2D eigenvalue weighted by molar-refractivity contribution is 0.589. The molecule has 20 heavy (non-hydrogen) atoms. The number of nitrogens with zero attached hydrogens (tertiary/aromatic N) is 1. The van der Waals surface area contributed by atoms with Crippen LogP contribution in [0.1, 0.15) is 0 Å². The van der Waals surface area contributed by atoms with Crippen LogP contribution in [0.2, 0.25) is 5.02 Å². The number of para-hydroxylation sites is 1. The third kappa shape index (κ3) is 2.54. The minimum absolute atomic E-state index is 0.102. The molecule has 5 nitrogen and oxygen atoms in total. The molecular weight excluding hydrogens is 307 g/mol. The highest BCUT2D eigenvalue weighted by Gasteiger charge is 2.24. The van der Waals surface area contributed by atoms with Crippen molar-refractivity contribution in [1.82, 2.24) is 4.98 Å². The summed E-state index contributed by atoms with van der Waals surface area (Å²) >= 11 is 5.60. The summed E-state index contributed by atoms with van der Waals surface area (Å²) in [6, 6.07) is 6.48. The van der Waals surface area contributed by atoms with Crippen LogP contribution in [0.3, 0.4) is 0 Å². The second-order valence-electron chi connectivity index (χ2n) is 3.94. The molecule has 0 spiro atoms. The van der Waals surface area contributed by atoms with Gasteiger partial charge in [0.1, 0.15) is 15.7 Å². The van der Waals surface area contributed by atoms with Crippen LogP contribution in [0, 0.1) is 5.82 Å². The number of aromatic amines is 1. The summed E-state index contributed by atoms with van der Waals surface area (Å²) < 4.78 is 39.1. The zero-order chi connectivity index (χ0) is 14.9. The summed E-state index contributed by atoms with van der Waals surface area (Å²) in [7, 11) is -2.80. The summed E-state index contributed by atoms with van der Waals surface area (Å²) in [5.74, 6) is -0.672. The summed E-state index contributed by atoms with van der Waals surface area (Å²) in [6.45, 7) is 0. The molecule has 2 aromatic rings. The minimum Gasteiger partial charge on any atom is -0.326 e. The van der Waals surface area contributed by atoms with E-state index in [9.17, 15) is 17.6 Å². The second kappa shape index (κ2) is 5.26. The van der Waals surface area contributed by atoms with Gasteiger partial charge in [-0.15, -0.1) is 0 Å². The molecule has 1 aromatic carbocycles. The minimum atomic E-state index is -4.02. The van der Waals surface area contributed by atoms with Gasteiger partial charge in [0.2, 0.25) is 0 Å². The molecule has 0 aliphatic rings. The van der Waals surface area contributed by atoms with Gasteiger partial charge in [0, 0.05) is 13.2 Å². The topological polar surface area (TPSA) is 70.2 Å². The first-order chi connectivity index (χ1) is 9.34. The second-order valence-corrected chi connectivity index (χ2v) is 6.31. The van der Waals surface area contributed by atoms with Crippen LogP contribution in [0.25, 0.3) is 0 Å². The number of H-pyrrole nitrogens is 1. The Labute approximate surface area is 119 Å². The van der Waals surface area contributed by atoms with Crippen molar-refractivity contribution in [2.75, 3.05) is 11.4 Å². The van der Waals surface area contributed by atoms with Crippen LogP contribution in [0.4, 0.5) is 10.1 Å². The molecule has 2 rings (SSSR count). The van der Waals surface area contributed by atoms with Crippen molar-refractivity contribution in [1.29, 1.82) is 0 Å². The maximum atomic E-state index is 13.6. The number of anilines is 1. The Morgan fingerprint density at radius 2 is 1.95 bits per heavy atom. The molecule has 0 bridgehead atoms. The van der Waals surface area contributed by atoms with Gasteiger partial charge in [-0.05, 0) is 18.2 Å². The molecule has 0 radical (unpaired) electrons. The van der Waals surface area contributed by atoms with Crippen LogP contribution in [0.15, 0.2) is 46.2 Å². The van der Waals surface area contributed by atoms with Gasteiger partial charge < -0.3 is 4.98 Å². The Bertz CT molecular complexity index is 804. The van der Waals surface area contributed by atoms with Crippen LogP contribution in [-0.2, 0) is 10.0 Å². The van der Waals surface area contributed by atoms with E-state index in [4.69, 9.17) is 11.6 Å². The number of aromatic nitrogens is 1. The van der Waals surface area contributed by atoms with Gasteiger partial charge in [-0.25, -0.2) is 12.8 Å². The number of nitrogens with one attached hydrogen (secondary N) is 1. The van der Waals surface area contributed by atoms with E-state index in [0.717, 1.165) is 22.6 Å². The van der Waals surface area contributed by atoms with Gasteiger partial charge in [-0.1, -0.05) is 23.7 Å². The van der Waals surface area contributed by atoms with Crippen LogP contribution in [0.5, 0.6) is 0 Å². The fourth-order valence-corrected chi connectivity index (χ4v) is 3.02. The lowest BCUT2D eigenvalue weighted by Crippen LogP contribution is -2.28. The molecule has 0 atom stereocenters. The molecule has 106 valence electrons. The first kappa shape index (κ1) is 14.5. The van der Waals surface area contributed by atoms with E-state index >= 15 is 0 Å². The Balaban J connectivity index is 2.52. The smallest absolute Gasteiger partial charge is 0.266 e. The van der Waals surface area contributed by atoms with E-state index in [-0.39, 0.29) is 15.6 Å². The highest BCUT2D eigenvalue weighted by atomic mass is 35.5. The summed E-state index contributed by atoms with van der Waals surface area (Å²) in [4.78, 5) is 13.1. The number of halogens is 2. The molecule has 0 saturated carbocycles. The summed E-state index contributed by atoms with van der Waals surface area (Å²) in [5.41, 5.74) is -0.700. The number of pyridine rings is 1. The average molecular weight is 317 g/mol. The predicted molar refractivity (Wildman–Crippen MR) is 74.1 cm³/mol. The molecule has 0 aliphatic heterocycles. The van der Waals surface area contributed by atoms with Crippen molar-refractivity contribution in [3.63, 3.8) is 0 Å². The number of rotatable bonds is 3. The van der Waals surface area contributed by atoms with E-state index in [1.54, 1.807) is 0 Å². The van der Waals surface area contributed by atoms with Gasteiger partial charge >= 0.3 is 0 Å². The van der Waals surface area contributed by atoms with Crippen molar-refractivity contribution in [3.05, 3.63) is 57.7 Å². The van der Waals surface area contributed by atoms with Crippen molar-refractivity contribution >= 4 is 27.3 Å². The third-order valence-corrected chi connectivity index (χ3v) is 4.71. The molecule has 0 saturated heterocycles. The van der Waals surface area contributed by atoms with Gasteiger partial charge in [0.25, 0.3) is 15.6 Å². The fraction of sp³-hybridized carbons (Fsp3) is 0.0833. The van der Waals surface area contributed by atoms with E-state index < -0.39 is 21.4 Å². The molecule has 1 aromatic heterocycles. The Morgan fingerprint density at radius 3 is 2.55 bits per heavy atom. The quantitative estimate of drug-likeness (QED) is 0.941. The first-order valence-corrected chi connectivity index (χ1v) is 7.27. The van der Waals surface area contributed by atoms with Crippen LogP contribution < -0.4 is 9.86 Å². The zero-order valence-electron chi connectivity index (χ0n) is 10.3. The van der Waals surface area contributed by atoms with Gasteiger partial charge in [-0.3, -0.25) is 9.10 Å². The average Bonchev–Trinajstić information content (AvgIpc) is 2.41. The normalized spacial score (nSPS) is 11.3. The fourth-order valence-electron chi connectivity index (χ4n) is 1.58. The monoisotopic (exact) mass is 316 g/mol. The molecule has 8 heteroatoms. The zero-order valence-corrected chi connectivity index (χ0v) is 11.9. The Morgan fingerprint density at radius 1 is 1.30 bits per heavy atom. The van der Waals surface area contributed by atoms with Gasteiger partial charge in [0.15, 0.2) is 0 Å². The molecule has 1 heterocycles. The van der Waals surface area contributed by atoms with Gasteiger partial charge in [-0.2, -0.15) is 0 Å². The van der Waals surface area contributed by atoms with Crippen LogP contribution in [-0.4, -0.2) is 20.4 Å². The number of benzene rings is 1. The van der Waals surface area contributed by atoms with E-state index in [2.05, 4.69) is 4.98 Å². The summed E-state index contributed by atoms with van der Waals surface area (Å²) in [5, 5.41) is -0.256. The SMILES string of the molecule is CN(c1ccccc1F)S(=O)(=O)c1c[nH]c(=O)c(Cl)c1. The Hall–Kier alpha value is -1.86. The lowest BCUT2D eigenvalue weighted by Gasteiger charge is -2.19. The predicted octanol–water partition coefficient (Wildman–Crippen LogP) is 1.99. The maximum Gasteiger partial charge on any atom is 0.266 e. The molecular formula is C12H10ClFN2O3S. The van der Waals surface area contributed by atoms with E-state index in [1.807, 2.05) is 0 Å². The molecule has 1 N–H and O–H groups in total. The third-order valence-electron chi connectivity index (χ3n) is 2.68. The van der Waals surface area contributed by atoms with Crippen molar-refractivity contribution < 1.29 is 12.8 Å². The largest absolute Gasteiger partial charge is 0.326 e.